The first-order valence-corrected chi connectivity index (χ1v) is 7.92. The van der Waals surface area contributed by atoms with Crippen LogP contribution in [0.3, 0.4) is 0 Å². The fraction of sp³-hybridized carbons (Fsp3) is 0.533. The first-order chi connectivity index (χ1) is 8.95. The molecule has 0 saturated heterocycles. The molecule has 0 spiro atoms. The highest BCUT2D eigenvalue weighted by Crippen LogP contribution is 2.32. The molecule has 1 aromatic carbocycles. The molecule has 0 aliphatic heterocycles. The first-order valence-electron chi connectivity index (χ1n) is 6.71. The van der Waals surface area contributed by atoms with E-state index in [4.69, 9.17) is 22.7 Å². The van der Waals surface area contributed by atoms with E-state index in [1.165, 1.54) is 6.42 Å². The molecule has 1 aromatic rings. The molecule has 0 radical (unpaired) electrons. The molecule has 0 bridgehead atoms. The Morgan fingerprint density at radius 1 is 1.26 bits per heavy atom. The second kappa shape index (κ2) is 6.23. The van der Waals surface area contributed by atoms with Gasteiger partial charge in [0.1, 0.15) is 10.7 Å². The molecule has 0 amide bonds. The number of hydrogen-bond acceptors (Lipinski definition) is 2. The lowest BCUT2D eigenvalue weighted by Gasteiger charge is -2.31. The van der Waals surface area contributed by atoms with E-state index in [1.807, 2.05) is 18.2 Å². The minimum atomic E-state index is 0.321. The van der Waals surface area contributed by atoms with Crippen molar-refractivity contribution in [3.8, 4) is 5.75 Å². The molecule has 104 valence electrons. The van der Waals surface area contributed by atoms with Gasteiger partial charge in [-0.2, -0.15) is 0 Å². The molecule has 2 unspecified atom stereocenters. The van der Waals surface area contributed by atoms with E-state index in [0.717, 1.165) is 40.5 Å². The summed E-state index contributed by atoms with van der Waals surface area (Å²) in [5.74, 6) is 2.37. The number of hydrogen-bond donors (Lipinski definition) is 1. The van der Waals surface area contributed by atoms with Crippen molar-refractivity contribution in [3.63, 3.8) is 0 Å². The lowest BCUT2D eigenvalue weighted by atomic mass is 9.82. The van der Waals surface area contributed by atoms with Crippen molar-refractivity contribution in [3.05, 3.63) is 28.2 Å². The number of halogens is 1. The Morgan fingerprint density at radius 3 is 2.42 bits per heavy atom. The predicted molar refractivity (Wildman–Crippen MR) is 86.6 cm³/mol. The van der Waals surface area contributed by atoms with Gasteiger partial charge < -0.3 is 10.5 Å². The van der Waals surface area contributed by atoms with E-state index >= 15 is 0 Å². The number of ether oxygens (including phenoxy) is 1. The zero-order valence-corrected chi connectivity index (χ0v) is 13.8. The van der Waals surface area contributed by atoms with Crippen LogP contribution in [0.5, 0.6) is 5.75 Å². The molecule has 1 aliphatic carbocycles. The van der Waals surface area contributed by atoms with Gasteiger partial charge in [0.2, 0.25) is 0 Å². The number of rotatable bonds is 3. The van der Waals surface area contributed by atoms with Crippen LogP contribution in [0.2, 0.25) is 0 Å². The summed E-state index contributed by atoms with van der Waals surface area (Å²) in [4.78, 5) is 0.401. The monoisotopic (exact) mass is 341 g/mol. The van der Waals surface area contributed by atoms with Crippen molar-refractivity contribution >= 4 is 33.1 Å². The molecule has 4 heteroatoms. The molecule has 19 heavy (non-hydrogen) atoms. The van der Waals surface area contributed by atoms with Gasteiger partial charge in [0, 0.05) is 10.0 Å². The molecule has 1 saturated carbocycles. The van der Waals surface area contributed by atoms with E-state index < -0.39 is 0 Å². The summed E-state index contributed by atoms with van der Waals surface area (Å²) in [6, 6.07) is 5.82. The highest BCUT2D eigenvalue weighted by molar-refractivity contribution is 9.10. The van der Waals surface area contributed by atoms with Crippen LogP contribution in [0.4, 0.5) is 0 Å². The van der Waals surface area contributed by atoms with Gasteiger partial charge in [-0.3, -0.25) is 0 Å². The summed E-state index contributed by atoms with van der Waals surface area (Å²) in [5, 5.41) is 0. The van der Waals surface area contributed by atoms with Gasteiger partial charge in [-0.15, -0.1) is 0 Å². The van der Waals surface area contributed by atoms with Crippen LogP contribution in [0, 0.1) is 11.8 Å². The third-order valence-corrected chi connectivity index (χ3v) is 4.52. The maximum Gasteiger partial charge on any atom is 0.120 e. The van der Waals surface area contributed by atoms with Gasteiger partial charge in [-0.1, -0.05) is 26.1 Å². The summed E-state index contributed by atoms with van der Waals surface area (Å²) >= 11 is 8.48. The Bertz CT molecular complexity index is 467. The lowest BCUT2D eigenvalue weighted by Crippen LogP contribution is -2.28. The van der Waals surface area contributed by atoms with Crippen LogP contribution in [-0.4, -0.2) is 11.1 Å². The largest absolute Gasteiger partial charge is 0.490 e. The topological polar surface area (TPSA) is 35.2 Å². The Balaban J connectivity index is 2.07. The van der Waals surface area contributed by atoms with E-state index in [9.17, 15) is 0 Å². The first kappa shape index (κ1) is 14.8. The molecule has 2 N–H and O–H groups in total. The Hall–Kier alpha value is -0.610. The Labute approximate surface area is 128 Å². The number of benzene rings is 1. The van der Waals surface area contributed by atoms with Crippen LogP contribution in [0.15, 0.2) is 22.7 Å². The van der Waals surface area contributed by atoms with Gasteiger partial charge in [-0.05, 0) is 65.2 Å². The van der Waals surface area contributed by atoms with Crippen LogP contribution in [0.1, 0.15) is 38.7 Å². The van der Waals surface area contributed by atoms with Crippen molar-refractivity contribution in [1.82, 2.24) is 0 Å². The number of nitrogens with two attached hydrogens (primary N) is 1. The summed E-state index contributed by atoms with van der Waals surface area (Å²) < 4.78 is 7.00. The van der Waals surface area contributed by atoms with Gasteiger partial charge >= 0.3 is 0 Å². The van der Waals surface area contributed by atoms with Crippen LogP contribution >= 0.6 is 28.1 Å². The molecule has 2 atom stereocenters. The van der Waals surface area contributed by atoms with E-state index in [2.05, 4.69) is 29.8 Å². The second-order valence-electron chi connectivity index (χ2n) is 5.66. The lowest BCUT2D eigenvalue weighted by molar-refractivity contribution is 0.101. The van der Waals surface area contributed by atoms with Gasteiger partial charge in [-0.25, -0.2) is 0 Å². The van der Waals surface area contributed by atoms with Crippen molar-refractivity contribution in [1.29, 1.82) is 0 Å². The van der Waals surface area contributed by atoms with Gasteiger partial charge in [0.05, 0.1) is 6.10 Å². The van der Waals surface area contributed by atoms with Crippen LogP contribution < -0.4 is 10.5 Å². The zero-order chi connectivity index (χ0) is 14.0. The van der Waals surface area contributed by atoms with E-state index in [0.29, 0.717) is 11.1 Å². The van der Waals surface area contributed by atoms with Crippen molar-refractivity contribution < 1.29 is 4.74 Å². The summed E-state index contributed by atoms with van der Waals surface area (Å²) in [6.45, 7) is 4.61. The van der Waals surface area contributed by atoms with Crippen molar-refractivity contribution in [2.75, 3.05) is 0 Å². The molecule has 1 aliphatic rings. The second-order valence-corrected chi connectivity index (χ2v) is 6.96. The highest BCUT2D eigenvalue weighted by Gasteiger charge is 2.25. The molecule has 0 heterocycles. The SMILES string of the molecule is CC1CC(C)CC(Oc2ccc(C(N)=S)c(Br)c2)C1. The average molecular weight is 342 g/mol. The van der Waals surface area contributed by atoms with Gasteiger partial charge in [0.15, 0.2) is 0 Å². The molecule has 1 fully saturated rings. The van der Waals surface area contributed by atoms with E-state index in [1.54, 1.807) is 0 Å². The predicted octanol–water partition coefficient (Wildman–Crippen LogP) is 4.29. The molecule has 0 aromatic heterocycles. The van der Waals surface area contributed by atoms with Crippen LogP contribution in [0.25, 0.3) is 0 Å². The summed E-state index contributed by atoms with van der Waals surface area (Å²) in [6.07, 6.45) is 3.91. The molecule has 2 nitrogen and oxygen atoms in total. The van der Waals surface area contributed by atoms with E-state index in [-0.39, 0.29) is 0 Å². The Kier molecular flexibility index (Phi) is 4.85. The van der Waals surface area contributed by atoms with Crippen LogP contribution in [-0.2, 0) is 0 Å². The smallest absolute Gasteiger partial charge is 0.120 e. The number of thiocarbonyl (C=S) groups is 1. The third-order valence-electron chi connectivity index (χ3n) is 3.64. The Morgan fingerprint density at radius 2 is 1.89 bits per heavy atom. The fourth-order valence-corrected chi connectivity index (χ4v) is 3.81. The standard InChI is InChI=1S/C15H20BrNOS/c1-9-5-10(2)7-12(6-9)18-11-3-4-13(15(17)19)14(16)8-11/h3-4,8-10,12H,5-7H2,1-2H3,(H2,17,19). The maximum atomic E-state index is 6.10. The van der Waals surface area contributed by atoms with Gasteiger partial charge in [0.25, 0.3) is 0 Å². The minimum Gasteiger partial charge on any atom is -0.490 e. The normalized spacial score (nSPS) is 27.0. The molecule has 2 rings (SSSR count). The molecular formula is C15H20BrNOS. The average Bonchev–Trinajstić information content (AvgIpc) is 2.26. The minimum absolute atomic E-state index is 0.321. The highest BCUT2D eigenvalue weighted by atomic mass is 79.9. The third kappa shape index (κ3) is 3.93. The maximum absolute atomic E-state index is 6.10. The quantitative estimate of drug-likeness (QED) is 0.833. The fourth-order valence-electron chi connectivity index (χ4n) is 2.93. The zero-order valence-electron chi connectivity index (χ0n) is 11.4. The summed E-state index contributed by atoms with van der Waals surface area (Å²) in [5.41, 5.74) is 6.50. The van der Waals surface area contributed by atoms with Crippen molar-refractivity contribution in [2.24, 2.45) is 17.6 Å². The molecular weight excluding hydrogens is 322 g/mol. The summed E-state index contributed by atoms with van der Waals surface area (Å²) in [7, 11) is 0. The van der Waals surface area contributed by atoms with Crippen molar-refractivity contribution in [2.45, 2.75) is 39.2 Å².